The molecule has 0 radical (unpaired) electrons. The quantitative estimate of drug-likeness (QED) is 0.356. The summed E-state index contributed by atoms with van der Waals surface area (Å²) in [5.74, 6) is 0.255. The molecule has 0 amide bonds. The van der Waals surface area contributed by atoms with E-state index in [0.717, 1.165) is 4.47 Å². The van der Waals surface area contributed by atoms with E-state index in [4.69, 9.17) is 9.15 Å². The first-order valence-electron chi connectivity index (χ1n) is 7.46. The number of esters is 1. The van der Waals surface area contributed by atoms with Crippen molar-refractivity contribution in [2.45, 2.75) is 23.9 Å². The maximum absolute atomic E-state index is 13.0. The van der Waals surface area contributed by atoms with Crippen LogP contribution in [-0.4, -0.2) is 27.9 Å². The molecule has 130 valence electrons. The Bertz CT molecular complexity index is 969. The minimum Gasteiger partial charge on any atom is -0.468 e. The van der Waals surface area contributed by atoms with Gasteiger partial charge < -0.3 is 9.15 Å². The fourth-order valence-electron chi connectivity index (χ4n) is 2.33. The van der Waals surface area contributed by atoms with Crippen LogP contribution in [0, 0.1) is 0 Å². The number of carbonyl (C=O) groups is 1. The molecule has 0 N–H and O–H groups in total. The van der Waals surface area contributed by atoms with Gasteiger partial charge in [0.15, 0.2) is 5.16 Å². The zero-order chi connectivity index (χ0) is 18.0. The third-order valence-corrected chi connectivity index (χ3v) is 5.15. The fraction of sp³-hybridized carbons (Fsp3) is 0.235. The maximum Gasteiger partial charge on any atom is 0.318 e. The van der Waals surface area contributed by atoms with Crippen molar-refractivity contribution < 1.29 is 13.9 Å². The van der Waals surface area contributed by atoms with E-state index < -0.39 is 5.25 Å². The van der Waals surface area contributed by atoms with Gasteiger partial charge in [0.05, 0.1) is 30.8 Å². The molecular formula is C17H15BrN2O4S. The maximum atomic E-state index is 13.0. The number of hydrogen-bond acceptors (Lipinski definition) is 6. The Labute approximate surface area is 156 Å². The van der Waals surface area contributed by atoms with Crippen LogP contribution in [0.1, 0.15) is 12.7 Å². The van der Waals surface area contributed by atoms with E-state index in [9.17, 15) is 9.59 Å². The molecular weight excluding hydrogens is 408 g/mol. The van der Waals surface area contributed by atoms with E-state index >= 15 is 0 Å². The fourth-order valence-corrected chi connectivity index (χ4v) is 3.63. The van der Waals surface area contributed by atoms with Gasteiger partial charge >= 0.3 is 5.97 Å². The highest BCUT2D eigenvalue weighted by Crippen LogP contribution is 2.25. The summed E-state index contributed by atoms with van der Waals surface area (Å²) in [5.41, 5.74) is 0.380. The molecule has 2 aromatic heterocycles. The van der Waals surface area contributed by atoms with E-state index in [1.54, 1.807) is 37.5 Å². The third-order valence-electron chi connectivity index (χ3n) is 3.59. The van der Waals surface area contributed by atoms with Crippen molar-refractivity contribution in [2.75, 3.05) is 7.11 Å². The summed E-state index contributed by atoms with van der Waals surface area (Å²) in [7, 11) is 1.33. The molecule has 0 bridgehead atoms. The Morgan fingerprint density at radius 1 is 1.44 bits per heavy atom. The second-order valence-electron chi connectivity index (χ2n) is 5.31. The average molecular weight is 423 g/mol. The number of methoxy groups -OCH3 is 1. The van der Waals surface area contributed by atoms with Crippen LogP contribution >= 0.6 is 27.7 Å². The Balaban J connectivity index is 2.13. The lowest BCUT2D eigenvalue weighted by molar-refractivity contribution is -0.139. The van der Waals surface area contributed by atoms with Crippen LogP contribution in [0.3, 0.4) is 0 Å². The first kappa shape index (κ1) is 17.8. The Morgan fingerprint density at radius 2 is 2.24 bits per heavy atom. The van der Waals surface area contributed by atoms with Crippen LogP contribution in [0.25, 0.3) is 10.9 Å². The van der Waals surface area contributed by atoms with Gasteiger partial charge in [0, 0.05) is 4.47 Å². The van der Waals surface area contributed by atoms with Crippen molar-refractivity contribution in [3.8, 4) is 0 Å². The number of nitrogens with zero attached hydrogens (tertiary/aromatic N) is 2. The third kappa shape index (κ3) is 3.80. The first-order chi connectivity index (χ1) is 12.0. The van der Waals surface area contributed by atoms with Gasteiger partial charge in [-0.15, -0.1) is 0 Å². The molecule has 0 spiro atoms. The van der Waals surface area contributed by atoms with Crippen molar-refractivity contribution in [1.29, 1.82) is 0 Å². The molecule has 0 aliphatic carbocycles. The predicted octanol–water partition coefficient (Wildman–Crippen LogP) is 3.45. The molecule has 3 rings (SSSR count). The van der Waals surface area contributed by atoms with Crippen molar-refractivity contribution in [3.63, 3.8) is 0 Å². The lowest BCUT2D eigenvalue weighted by atomic mass is 10.2. The van der Waals surface area contributed by atoms with Gasteiger partial charge in [0.2, 0.25) is 0 Å². The van der Waals surface area contributed by atoms with Crippen LogP contribution in [0.15, 0.2) is 55.4 Å². The highest BCUT2D eigenvalue weighted by atomic mass is 79.9. The smallest absolute Gasteiger partial charge is 0.318 e. The monoisotopic (exact) mass is 422 g/mol. The second kappa shape index (κ2) is 7.45. The summed E-state index contributed by atoms with van der Waals surface area (Å²) in [4.78, 5) is 29.3. The molecule has 6 nitrogen and oxygen atoms in total. The highest BCUT2D eigenvalue weighted by Gasteiger charge is 2.20. The van der Waals surface area contributed by atoms with Gasteiger partial charge in [-0.3, -0.25) is 14.2 Å². The van der Waals surface area contributed by atoms with E-state index in [1.807, 2.05) is 6.07 Å². The number of halogens is 1. The normalized spacial score (nSPS) is 12.3. The molecule has 0 aliphatic heterocycles. The van der Waals surface area contributed by atoms with Crippen molar-refractivity contribution in [2.24, 2.45) is 0 Å². The van der Waals surface area contributed by atoms with Gasteiger partial charge in [-0.05, 0) is 37.3 Å². The van der Waals surface area contributed by atoms with E-state index in [0.29, 0.717) is 21.8 Å². The largest absolute Gasteiger partial charge is 0.468 e. The van der Waals surface area contributed by atoms with Gasteiger partial charge in [-0.2, -0.15) is 0 Å². The summed E-state index contributed by atoms with van der Waals surface area (Å²) in [6.45, 7) is 1.95. The van der Waals surface area contributed by atoms with Crippen LogP contribution in [0.5, 0.6) is 0 Å². The minimum absolute atomic E-state index is 0.192. The second-order valence-corrected chi connectivity index (χ2v) is 7.53. The molecule has 25 heavy (non-hydrogen) atoms. The number of rotatable bonds is 5. The van der Waals surface area contributed by atoms with Gasteiger partial charge in [0.1, 0.15) is 11.0 Å². The average Bonchev–Trinajstić information content (AvgIpc) is 3.11. The zero-order valence-corrected chi connectivity index (χ0v) is 16.0. The summed E-state index contributed by atoms with van der Waals surface area (Å²) >= 11 is 4.56. The number of furan rings is 1. The molecule has 1 atom stereocenters. The zero-order valence-electron chi connectivity index (χ0n) is 13.6. The topological polar surface area (TPSA) is 74.3 Å². The van der Waals surface area contributed by atoms with Crippen molar-refractivity contribution >= 4 is 44.6 Å². The van der Waals surface area contributed by atoms with Crippen LogP contribution < -0.4 is 5.56 Å². The van der Waals surface area contributed by atoms with E-state index in [1.165, 1.54) is 23.4 Å². The van der Waals surface area contributed by atoms with Gasteiger partial charge in [0.25, 0.3) is 5.56 Å². The molecule has 8 heteroatoms. The highest BCUT2D eigenvalue weighted by molar-refractivity contribution is 9.10. The van der Waals surface area contributed by atoms with E-state index in [2.05, 4.69) is 20.9 Å². The predicted molar refractivity (Wildman–Crippen MR) is 98.8 cm³/mol. The standard InChI is InChI=1S/C17H15BrN2O4S/c1-10(16(22)23-2)25-17-19-14-6-5-11(18)8-13(14)15(21)20(17)9-12-4-3-7-24-12/h3-8,10H,9H2,1-2H3/t10-/m0/s1. The molecule has 0 saturated heterocycles. The summed E-state index contributed by atoms with van der Waals surface area (Å²) in [6, 6.07) is 8.88. The first-order valence-corrected chi connectivity index (χ1v) is 9.14. The molecule has 0 fully saturated rings. The van der Waals surface area contributed by atoms with Crippen LogP contribution in [0.4, 0.5) is 0 Å². The summed E-state index contributed by atoms with van der Waals surface area (Å²) in [5, 5.41) is 0.442. The van der Waals surface area contributed by atoms with Crippen LogP contribution in [-0.2, 0) is 16.1 Å². The lowest BCUT2D eigenvalue weighted by Crippen LogP contribution is -2.25. The van der Waals surface area contributed by atoms with Crippen LogP contribution in [0.2, 0.25) is 0 Å². The number of thioether (sulfide) groups is 1. The Morgan fingerprint density at radius 3 is 2.92 bits per heavy atom. The number of ether oxygens (including phenoxy) is 1. The number of aromatic nitrogens is 2. The number of carbonyl (C=O) groups excluding carboxylic acids is 1. The minimum atomic E-state index is -0.493. The molecule has 3 aromatic rings. The number of benzene rings is 1. The molecule has 0 unspecified atom stereocenters. The molecule has 1 aromatic carbocycles. The molecule has 0 saturated carbocycles. The van der Waals surface area contributed by atoms with E-state index in [-0.39, 0.29) is 18.1 Å². The summed E-state index contributed by atoms with van der Waals surface area (Å²) in [6.07, 6.45) is 1.55. The van der Waals surface area contributed by atoms with Crippen molar-refractivity contribution in [1.82, 2.24) is 9.55 Å². The molecule has 2 heterocycles. The lowest BCUT2D eigenvalue weighted by Gasteiger charge is -2.14. The van der Waals surface area contributed by atoms with Gasteiger partial charge in [-0.25, -0.2) is 4.98 Å². The van der Waals surface area contributed by atoms with Crippen molar-refractivity contribution in [3.05, 3.63) is 57.2 Å². The molecule has 0 aliphatic rings. The SMILES string of the molecule is COC(=O)[C@H](C)Sc1nc2ccc(Br)cc2c(=O)n1Cc1ccco1. The number of fused-ring (bicyclic) bond motifs is 1. The Hall–Kier alpha value is -2.06. The van der Waals surface area contributed by atoms with Gasteiger partial charge in [-0.1, -0.05) is 27.7 Å². The number of hydrogen-bond donors (Lipinski definition) is 0. The summed E-state index contributed by atoms with van der Waals surface area (Å²) < 4.78 is 12.4. The Kier molecular flexibility index (Phi) is 5.29.